The predicted octanol–water partition coefficient (Wildman–Crippen LogP) is 6.77. The van der Waals surface area contributed by atoms with Gasteiger partial charge in [0.05, 0.1) is 0 Å². The molecule has 5 atom stereocenters. The van der Waals surface area contributed by atoms with E-state index < -0.39 is 41.2 Å². The van der Waals surface area contributed by atoms with Crippen molar-refractivity contribution < 1.29 is 27.3 Å². The first-order valence-electron chi connectivity index (χ1n) is 16.5. The molecule has 2 bridgehead atoms. The second kappa shape index (κ2) is 14.3. The first-order chi connectivity index (χ1) is 21.9. The van der Waals surface area contributed by atoms with Crippen LogP contribution >= 0.6 is 0 Å². The van der Waals surface area contributed by atoms with Crippen LogP contribution in [-0.4, -0.2) is 63.2 Å². The van der Waals surface area contributed by atoms with Crippen LogP contribution in [0.25, 0.3) is 0 Å². The summed E-state index contributed by atoms with van der Waals surface area (Å²) >= 11 is -0.225. The van der Waals surface area contributed by atoms with Gasteiger partial charge in [-0.3, -0.25) is 0 Å². The minimum atomic E-state index is -3.03. The number of hydrogen-bond acceptors (Lipinski definition) is 8. The Labute approximate surface area is 283 Å². The van der Waals surface area contributed by atoms with E-state index in [0.717, 1.165) is 10.0 Å². The maximum absolute atomic E-state index is 10.8. The number of methoxy groups -OCH3 is 1. The molecule has 0 spiro atoms. The monoisotopic (exact) mass is 730 g/mol. The van der Waals surface area contributed by atoms with Crippen LogP contribution in [0.4, 0.5) is 0 Å². The van der Waals surface area contributed by atoms with Crippen molar-refractivity contribution in [2.75, 3.05) is 7.11 Å². The third-order valence-electron chi connectivity index (χ3n) is 9.68. The summed E-state index contributed by atoms with van der Waals surface area (Å²) in [6.45, 7) is 18.1. The van der Waals surface area contributed by atoms with Crippen LogP contribution in [0.15, 0.2) is 72.0 Å². The molecule has 46 heavy (non-hydrogen) atoms. The van der Waals surface area contributed by atoms with Crippen molar-refractivity contribution in [2.24, 2.45) is 0 Å². The van der Waals surface area contributed by atoms with Crippen LogP contribution in [0, 0.1) is 11.3 Å². The van der Waals surface area contributed by atoms with Gasteiger partial charge in [-0.05, 0) is 0 Å². The molecule has 4 aliphatic rings. The number of nitrogens with zero attached hydrogens (tertiary/aromatic N) is 1. The Kier molecular flexibility index (Phi) is 11.1. The second-order valence-corrected chi connectivity index (χ2v) is 25.1. The van der Waals surface area contributed by atoms with Gasteiger partial charge in [-0.15, -0.1) is 0 Å². The number of benzene rings is 2. The number of hydrogen-bond donors (Lipinski definition) is 1. The van der Waals surface area contributed by atoms with Crippen molar-refractivity contribution in [3.63, 3.8) is 0 Å². The summed E-state index contributed by atoms with van der Waals surface area (Å²) in [4.78, 5) is 6.13. The van der Waals surface area contributed by atoms with Gasteiger partial charge in [0, 0.05) is 0 Å². The number of fused-ring (bicyclic) bond motifs is 2. The molecule has 0 aromatic heterocycles. The molecule has 3 aliphatic heterocycles. The predicted molar refractivity (Wildman–Crippen MR) is 185 cm³/mol. The van der Waals surface area contributed by atoms with Crippen LogP contribution in [0.3, 0.4) is 0 Å². The standard InChI is InChI=1S/C35H50N2O6SeSi2/c1-23(2)45(24(3)4)41-31-20-30-29(21-36)33(44-28-18-14-11-15-19-28)35(34(38-9)40-30,37-39-22-27-16-12-10-13-17-27)32(31)42-46(43-45,25(5)6)26(7)8/h10-19,23-26,31-34,37H,20,22H2,1-9H3/t31-,32+,33?,34+,35?/m0/s1. The van der Waals surface area contributed by atoms with Crippen molar-refractivity contribution in [3.8, 4) is 6.07 Å². The summed E-state index contributed by atoms with van der Waals surface area (Å²) in [7, 11) is -4.29. The summed E-state index contributed by atoms with van der Waals surface area (Å²) in [5.41, 5.74) is 4.64. The molecule has 2 unspecified atom stereocenters. The van der Waals surface area contributed by atoms with Crippen molar-refractivity contribution in [3.05, 3.63) is 77.6 Å². The molecule has 3 heterocycles. The van der Waals surface area contributed by atoms with E-state index in [-0.39, 0.29) is 41.9 Å². The third kappa shape index (κ3) is 6.23. The van der Waals surface area contributed by atoms with E-state index in [1.54, 1.807) is 7.11 Å². The van der Waals surface area contributed by atoms with Gasteiger partial charge < -0.3 is 0 Å². The first-order valence-corrected chi connectivity index (χ1v) is 22.3. The summed E-state index contributed by atoms with van der Waals surface area (Å²) in [6.07, 6.45) is -1.43. The van der Waals surface area contributed by atoms with Crippen LogP contribution in [0.2, 0.25) is 27.0 Å². The van der Waals surface area contributed by atoms with E-state index in [0.29, 0.717) is 24.4 Å². The Morgan fingerprint density at radius 3 is 2.00 bits per heavy atom. The Morgan fingerprint density at radius 1 is 0.891 bits per heavy atom. The molecular formula is C35H50N2O6SeSi2. The number of ether oxygens (including phenoxy) is 2. The Morgan fingerprint density at radius 2 is 1.46 bits per heavy atom. The first kappa shape index (κ1) is 35.5. The van der Waals surface area contributed by atoms with Crippen LogP contribution in [0.1, 0.15) is 67.4 Å². The van der Waals surface area contributed by atoms with Gasteiger partial charge in [-0.25, -0.2) is 0 Å². The molecule has 2 aromatic rings. The zero-order chi connectivity index (χ0) is 33.3. The molecule has 1 aliphatic carbocycles. The van der Waals surface area contributed by atoms with Gasteiger partial charge in [-0.1, -0.05) is 0 Å². The molecule has 6 rings (SSSR count). The summed E-state index contributed by atoms with van der Waals surface area (Å²) in [6, 6.07) is 23.0. The summed E-state index contributed by atoms with van der Waals surface area (Å²) in [5, 5.41) is 10.8. The Balaban J connectivity index is 1.75. The molecule has 8 nitrogen and oxygen atoms in total. The normalized spacial score (nSPS) is 28.6. The second-order valence-electron chi connectivity index (χ2n) is 13.8. The molecule has 0 radical (unpaired) electrons. The van der Waals surface area contributed by atoms with Crippen molar-refractivity contribution in [1.29, 1.82) is 5.26 Å². The van der Waals surface area contributed by atoms with Crippen molar-refractivity contribution in [2.45, 2.75) is 119 Å². The third-order valence-corrected chi connectivity index (χ3v) is 22.9. The number of nitriles is 1. The van der Waals surface area contributed by atoms with Crippen LogP contribution < -0.4 is 9.94 Å². The van der Waals surface area contributed by atoms with E-state index in [1.807, 2.05) is 48.5 Å². The number of rotatable bonds is 11. The topological polar surface area (TPSA) is 91.2 Å². The average Bonchev–Trinajstić information content (AvgIpc) is 3.31. The fourth-order valence-corrected chi connectivity index (χ4v) is 21.5. The molecule has 2 saturated heterocycles. The fraction of sp³-hybridized carbons (Fsp3) is 0.571. The minimum absolute atomic E-state index is 0.133. The van der Waals surface area contributed by atoms with E-state index >= 15 is 0 Å². The number of nitrogens with one attached hydrogen (secondary N) is 1. The maximum atomic E-state index is 10.8. The molecule has 2 fully saturated rings. The van der Waals surface area contributed by atoms with Crippen LogP contribution in [-0.2, 0) is 33.9 Å². The van der Waals surface area contributed by atoms with E-state index in [2.05, 4.69) is 79.1 Å². The van der Waals surface area contributed by atoms with Gasteiger partial charge in [0.1, 0.15) is 0 Å². The average molecular weight is 730 g/mol. The van der Waals surface area contributed by atoms with Gasteiger partial charge in [-0.2, -0.15) is 0 Å². The van der Waals surface area contributed by atoms with E-state index in [1.165, 1.54) is 0 Å². The zero-order valence-electron chi connectivity index (χ0n) is 28.6. The van der Waals surface area contributed by atoms with E-state index in [9.17, 15) is 5.26 Å². The molecule has 2 aromatic carbocycles. The Bertz CT molecular complexity index is 1390. The van der Waals surface area contributed by atoms with Crippen molar-refractivity contribution in [1.82, 2.24) is 5.48 Å². The molecule has 0 saturated carbocycles. The van der Waals surface area contributed by atoms with E-state index in [4.69, 9.17) is 27.3 Å². The SMILES string of the molecule is CO[C@@H]1OC2=C(C#N)C([Se]c3ccccc3)C1(NOCc1ccccc1)[C@@H]1O[Si](C(C)C)(C(C)C)O[Si](C(C)C)(C(C)C)O[C@H]1C2. The quantitative estimate of drug-likeness (QED) is 0.200. The number of hydroxylamine groups is 1. The van der Waals surface area contributed by atoms with Crippen molar-refractivity contribution >= 4 is 36.5 Å². The van der Waals surface area contributed by atoms with Gasteiger partial charge >= 0.3 is 285 Å². The summed E-state index contributed by atoms with van der Waals surface area (Å²) < 4.78 is 36.8. The molecule has 1 N–H and O–H groups in total. The van der Waals surface area contributed by atoms with Gasteiger partial charge in [0.2, 0.25) is 0 Å². The fourth-order valence-electron chi connectivity index (χ4n) is 7.33. The molecular weight excluding hydrogens is 680 g/mol. The molecule has 11 heteroatoms. The summed E-state index contributed by atoms with van der Waals surface area (Å²) in [5.74, 6) is 0.618. The molecule has 0 amide bonds. The van der Waals surface area contributed by atoms with Crippen LogP contribution in [0.5, 0.6) is 0 Å². The van der Waals surface area contributed by atoms with Gasteiger partial charge in [0.25, 0.3) is 0 Å². The zero-order valence-corrected chi connectivity index (χ0v) is 32.3. The Hall–Kier alpha value is -1.82. The van der Waals surface area contributed by atoms with Gasteiger partial charge in [0.15, 0.2) is 0 Å². The molecule has 250 valence electrons.